The van der Waals surface area contributed by atoms with Gasteiger partial charge in [0.2, 0.25) is 5.76 Å². The molecule has 1 saturated heterocycles. The first-order valence-electron chi connectivity index (χ1n) is 8.28. The number of piperidine rings is 1. The Balaban J connectivity index is 1.46. The van der Waals surface area contributed by atoms with E-state index < -0.39 is 29.1 Å². The Kier molecular flexibility index (Phi) is 3.93. The molecule has 2 aliphatic heterocycles. The zero-order valence-electron chi connectivity index (χ0n) is 14.0. The molecule has 2 aromatic rings. The Morgan fingerprint density at radius 1 is 1.26 bits per heavy atom. The molecule has 27 heavy (non-hydrogen) atoms. The minimum atomic E-state index is -4.67. The monoisotopic (exact) mass is 381 g/mol. The first-order valence-corrected chi connectivity index (χ1v) is 8.28. The van der Waals surface area contributed by atoms with Gasteiger partial charge in [0.25, 0.3) is 5.91 Å². The number of halogens is 3. The SMILES string of the molecule is O=C1CC2(CCN(C(=O)c3cc(C(F)(F)F)no3)CC2)Oc2cccnc21. The van der Waals surface area contributed by atoms with E-state index >= 15 is 0 Å². The van der Waals surface area contributed by atoms with Gasteiger partial charge in [0.15, 0.2) is 11.5 Å². The molecule has 10 heteroatoms. The summed E-state index contributed by atoms with van der Waals surface area (Å²) in [6.07, 6.45) is -2.25. The molecule has 0 bridgehead atoms. The van der Waals surface area contributed by atoms with Crippen LogP contribution in [0.25, 0.3) is 0 Å². The van der Waals surface area contributed by atoms with Gasteiger partial charge in [0.05, 0.1) is 6.42 Å². The van der Waals surface area contributed by atoms with Crippen molar-refractivity contribution >= 4 is 11.7 Å². The van der Waals surface area contributed by atoms with E-state index in [9.17, 15) is 22.8 Å². The third-order valence-electron chi connectivity index (χ3n) is 4.82. The van der Waals surface area contributed by atoms with E-state index in [0.717, 1.165) is 0 Å². The first-order chi connectivity index (χ1) is 12.8. The Morgan fingerprint density at radius 3 is 2.67 bits per heavy atom. The zero-order chi connectivity index (χ0) is 19.2. The molecule has 2 aromatic heterocycles. The molecule has 0 N–H and O–H groups in total. The smallest absolute Gasteiger partial charge is 0.436 e. The summed E-state index contributed by atoms with van der Waals surface area (Å²) in [5.41, 5.74) is -1.68. The van der Waals surface area contributed by atoms with Gasteiger partial charge in [-0.15, -0.1) is 0 Å². The highest BCUT2D eigenvalue weighted by Gasteiger charge is 2.45. The van der Waals surface area contributed by atoms with E-state index in [0.29, 0.717) is 30.4 Å². The lowest BCUT2D eigenvalue weighted by Gasteiger charge is -2.43. The number of pyridine rings is 1. The Morgan fingerprint density at radius 2 is 2.00 bits per heavy atom. The summed E-state index contributed by atoms with van der Waals surface area (Å²) in [5, 5.41) is 2.90. The predicted octanol–water partition coefficient (Wildman–Crippen LogP) is 2.73. The fourth-order valence-electron chi connectivity index (χ4n) is 3.39. The van der Waals surface area contributed by atoms with Gasteiger partial charge in [-0.2, -0.15) is 13.2 Å². The van der Waals surface area contributed by atoms with Gasteiger partial charge >= 0.3 is 6.18 Å². The highest BCUT2D eigenvalue weighted by molar-refractivity contribution is 5.98. The predicted molar refractivity (Wildman–Crippen MR) is 83.2 cm³/mol. The number of nitrogens with zero attached hydrogens (tertiary/aromatic N) is 3. The quantitative estimate of drug-likeness (QED) is 0.755. The highest BCUT2D eigenvalue weighted by atomic mass is 19.4. The number of Topliss-reactive ketones (excluding diaryl/α,β-unsaturated/α-hetero) is 1. The number of ether oxygens (including phenoxy) is 1. The summed E-state index contributed by atoms with van der Waals surface area (Å²) in [6.45, 7) is 0.452. The number of hydrogen-bond donors (Lipinski definition) is 0. The van der Waals surface area contributed by atoms with Crippen LogP contribution in [0.2, 0.25) is 0 Å². The molecule has 0 aromatic carbocycles. The summed E-state index contributed by atoms with van der Waals surface area (Å²) in [6, 6.07) is 3.94. The van der Waals surface area contributed by atoms with Crippen LogP contribution >= 0.6 is 0 Å². The molecule has 2 aliphatic rings. The van der Waals surface area contributed by atoms with E-state index in [4.69, 9.17) is 4.74 Å². The molecule has 0 saturated carbocycles. The average Bonchev–Trinajstić information content (AvgIpc) is 3.12. The number of rotatable bonds is 1. The molecular formula is C17H14F3N3O4. The molecule has 0 atom stereocenters. The number of aromatic nitrogens is 2. The number of amides is 1. The van der Waals surface area contributed by atoms with E-state index in [1.165, 1.54) is 11.1 Å². The maximum absolute atomic E-state index is 12.6. The third-order valence-corrected chi connectivity index (χ3v) is 4.82. The van der Waals surface area contributed by atoms with Gasteiger partial charge in [-0.05, 0) is 12.1 Å². The normalized spacial score (nSPS) is 18.9. The van der Waals surface area contributed by atoms with Crippen molar-refractivity contribution in [3.8, 4) is 5.75 Å². The van der Waals surface area contributed by atoms with E-state index in [-0.39, 0.29) is 25.3 Å². The number of carbonyl (C=O) groups excluding carboxylic acids is 2. The number of carbonyl (C=O) groups is 2. The van der Waals surface area contributed by atoms with Gasteiger partial charge in [0.1, 0.15) is 17.0 Å². The summed E-state index contributed by atoms with van der Waals surface area (Å²) in [5.74, 6) is -0.842. The second-order valence-electron chi connectivity index (χ2n) is 6.60. The molecule has 4 rings (SSSR count). The fraction of sp³-hybridized carbons (Fsp3) is 0.412. The van der Waals surface area contributed by atoms with Crippen LogP contribution in [0.15, 0.2) is 28.9 Å². The number of fused-ring (bicyclic) bond motifs is 1. The summed E-state index contributed by atoms with van der Waals surface area (Å²) in [7, 11) is 0. The van der Waals surface area contributed by atoms with Crippen LogP contribution in [-0.2, 0) is 6.18 Å². The largest absolute Gasteiger partial charge is 0.484 e. The van der Waals surface area contributed by atoms with Crippen molar-refractivity contribution in [2.45, 2.75) is 31.0 Å². The third kappa shape index (κ3) is 3.15. The molecule has 0 aliphatic carbocycles. The number of ketones is 1. The fourth-order valence-corrected chi connectivity index (χ4v) is 3.39. The molecule has 0 unspecified atom stereocenters. The maximum atomic E-state index is 12.6. The first kappa shape index (κ1) is 17.5. The zero-order valence-corrected chi connectivity index (χ0v) is 14.0. The van der Waals surface area contributed by atoms with Crippen molar-refractivity contribution in [3.63, 3.8) is 0 Å². The number of likely N-dealkylation sites (tertiary alicyclic amines) is 1. The van der Waals surface area contributed by atoms with E-state index in [2.05, 4.69) is 14.7 Å². The lowest BCUT2D eigenvalue weighted by atomic mass is 9.83. The minimum Gasteiger partial charge on any atom is -0.484 e. The lowest BCUT2D eigenvalue weighted by molar-refractivity contribution is -0.142. The summed E-state index contributed by atoms with van der Waals surface area (Å²) >= 11 is 0. The van der Waals surface area contributed by atoms with Gasteiger partial charge in [-0.3, -0.25) is 9.59 Å². The van der Waals surface area contributed by atoms with Crippen LogP contribution in [0.3, 0.4) is 0 Å². The second-order valence-corrected chi connectivity index (χ2v) is 6.60. The van der Waals surface area contributed by atoms with E-state index in [1.54, 1.807) is 12.1 Å². The van der Waals surface area contributed by atoms with Crippen LogP contribution in [0.5, 0.6) is 5.75 Å². The van der Waals surface area contributed by atoms with Crippen molar-refractivity contribution in [1.82, 2.24) is 15.0 Å². The van der Waals surface area contributed by atoms with Crippen molar-refractivity contribution in [3.05, 3.63) is 41.5 Å². The molecule has 4 heterocycles. The molecular weight excluding hydrogens is 367 g/mol. The number of alkyl halides is 3. The van der Waals surface area contributed by atoms with Crippen LogP contribution in [0, 0.1) is 0 Å². The molecule has 142 valence electrons. The van der Waals surface area contributed by atoms with E-state index in [1.807, 2.05) is 0 Å². The molecule has 7 nitrogen and oxygen atoms in total. The van der Waals surface area contributed by atoms with Crippen molar-refractivity contribution in [2.75, 3.05) is 13.1 Å². The van der Waals surface area contributed by atoms with Crippen LogP contribution in [-0.4, -0.2) is 45.4 Å². The van der Waals surface area contributed by atoms with Crippen molar-refractivity contribution in [2.24, 2.45) is 0 Å². The number of hydrogen-bond acceptors (Lipinski definition) is 6. The van der Waals surface area contributed by atoms with Gasteiger partial charge in [-0.25, -0.2) is 4.98 Å². The average molecular weight is 381 g/mol. The van der Waals surface area contributed by atoms with Crippen LogP contribution in [0.1, 0.15) is 46.0 Å². The van der Waals surface area contributed by atoms with Gasteiger partial charge in [-0.1, -0.05) is 5.16 Å². The molecule has 1 spiro atoms. The van der Waals surface area contributed by atoms with Crippen molar-refractivity contribution in [1.29, 1.82) is 0 Å². The summed E-state index contributed by atoms with van der Waals surface area (Å²) < 4.78 is 48.4. The highest BCUT2D eigenvalue weighted by Crippen LogP contribution is 2.38. The van der Waals surface area contributed by atoms with Crippen LogP contribution < -0.4 is 4.74 Å². The topological polar surface area (TPSA) is 85.5 Å². The lowest BCUT2D eigenvalue weighted by Crippen LogP contribution is -2.52. The standard InChI is InChI=1S/C17H14F3N3O4/c18-17(19,20)13-8-12(27-22-13)15(25)23-6-3-16(4-7-23)9-10(24)14-11(26-16)2-1-5-21-14/h1-2,5,8H,3-4,6-7,9H2. The Bertz CT molecular complexity index is 901. The van der Waals surface area contributed by atoms with Gasteiger partial charge in [0, 0.05) is 38.2 Å². The Hall–Kier alpha value is -2.91. The van der Waals surface area contributed by atoms with Gasteiger partial charge < -0.3 is 14.2 Å². The molecule has 1 fully saturated rings. The maximum Gasteiger partial charge on any atom is 0.436 e. The summed E-state index contributed by atoms with van der Waals surface area (Å²) in [4.78, 5) is 30.1. The molecule has 1 amide bonds. The minimum absolute atomic E-state index is 0.123. The van der Waals surface area contributed by atoms with Crippen LogP contribution in [0.4, 0.5) is 13.2 Å². The second kappa shape index (κ2) is 6.07. The van der Waals surface area contributed by atoms with Crippen molar-refractivity contribution < 1.29 is 32.0 Å². The molecule has 0 radical (unpaired) electrons. The Labute approximate surface area is 151 Å².